The standard InChI is InChI=1S/C30H37N3O4/c1-19(2)17-23(31-27(35)20-11-13-22(14-12-20)30(3,4)5)29(37)32-16-15-24-26(32)25(34)18-33(24)28(36)21-9-7-6-8-10-21/h6-14,19,23-24,26H,15-18H2,1-5H3,(H,31,35)/t23-,24?,26?/m0/s1. The van der Waals surface area contributed by atoms with E-state index in [-0.39, 0.29) is 47.4 Å². The third-order valence-corrected chi connectivity index (χ3v) is 7.31. The van der Waals surface area contributed by atoms with E-state index < -0.39 is 12.1 Å². The van der Waals surface area contributed by atoms with Gasteiger partial charge in [0.15, 0.2) is 5.78 Å². The molecule has 1 N–H and O–H groups in total. The van der Waals surface area contributed by atoms with Gasteiger partial charge in [-0.15, -0.1) is 0 Å². The Labute approximate surface area is 219 Å². The molecule has 0 spiro atoms. The van der Waals surface area contributed by atoms with Crippen molar-refractivity contribution in [3.05, 3.63) is 71.3 Å². The van der Waals surface area contributed by atoms with Crippen LogP contribution in [0.4, 0.5) is 0 Å². The lowest BCUT2D eigenvalue weighted by atomic mass is 9.86. The monoisotopic (exact) mass is 503 g/mol. The molecule has 2 aromatic rings. The number of fused-ring (bicyclic) bond motifs is 1. The average molecular weight is 504 g/mol. The van der Waals surface area contributed by atoms with Crippen LogP contribution in [0, 0.1) is 5.92 Å². The molecule has 2 fully saturated rings. The molecule has 0 aliphatic carbocycles. The maximum Gasteiger partial charge on any atom is 0.254 e. The summed E-state index contributed by atoms with van der Waals surface area (Å²) in [6.07, 6.45) is 0.997. The maximum atomic E-state index is 13.7. The average Bonchev–Trinajstić information content (AvgIpc) is 3.44. The van der Waals surface area contributed by atoms with E-state index in [0.717, 1.165) is 5.56 Å². The first-order valence-corrected chi connectivity index (χ1v) is 13.1. The van der Waals surface area contributed by atoms with Crippen LogP contribution in [0.3, 0.4) is 0 Å². The lowest BCUT2D eigenvalue weighted by Gasteiger charge is -2.29. The zero-order valence-electron chi connectivity index (χ0n) is 22.4. The molecule has 37 heavy (non-hydrogen) atoms. The number of carbonyl (C=O) groups is 4. The van der Waals surface area contributed by atoms with E-state index in [1.807, 2.05) is 32.0 Å². The lowest BCUT2D eigenvalue weighted by molar-refractivity contribution is -0.138. The van der Waals surface area contributed by atoms with Gasteiger partial charge in [-0.1, -0.05) is 65.0 Å². The van der Waals surface area contributed by atoms with Gasteiger partial charge in [0.2, 0.25) is 5.91 Å². The molecular weight excluding hydrogens is 466 g/mol. The molecule has 196 valence electrons. The summed E-state index contributed by atoms with van der Waals surface area (Å²) >= 11 is 0. The Balaban J connectivity index is 1.50. The Morgan fingerprint density at radius 2 is 1.59 bits per heavy atom. The summed E-state index contributed by atoms with van der Waals surface area (Å²) in [4.78, 5) is 56.1. The number of benzene rings is 2. The quantitative estimate of drug-likeness (QED) is 0.649. The van der Waals surface area contributed by atoms with Crippen LogP contribution < -0.4 is 5.32 Å². The largest absolute Gasteiger partial charge is 0.340 e. The summed E-state index contributed by atoms with van der Waals surface area (Å²) in [5.41, 5.74) is 2.12. The zero-order valence-corrected chi connectivity index (χ0v) is 22.4. The summed E-state index contributed by atoms with van der Waals surface area (Å²) < 4.78 is 0. The molecule has 4 rings (SSSR count). The van der Waals surface area contributed by atoms with Crippen molar-refractivity contribution in [2.45, 2.75) is 71.0 Å². The summed E-state index contributed by atoms with van der Waals surface area (Å²) in [7, 11) is 0. The van der Waals surface area contributed by atoms with Crippen molar-refractivity contribution in [3.63, 3.8) is 0 Å². The Kier molecular flexibility index (Phi) is 7.53. The predicted molar refractivity (Wildman–Crippen MR) is 142 cm³/mol. The minimum Gasteiger partial charge on any atom is -0.340 e. The fourth-order valence-corrected chi connectivity index (χ4v) is 5.34. The number of likely N-dealkylation sites (tertiary alicyclic amines) is 2. The van der Waals surface area contributed by atoms with Crippen molar-refractivity contribution >= 4 is 23.5 Å². The lowest BCUT2D eigenvalue weighted by Crippen LogP contribution is -2.53. The van der Waals surface area contributed by atoms with Crippen LogP contribution in [0.15, 0.2) is 54.6 Å². The Bertz CT molecular complexity index is 1170. The molecule has 7 nitrogen and oxygen atoms in total. The SMILES string of the molecule is CC(C)C[C@H](NC(=O)c1ccc(C(C)(C)C)cc1)C(=O)N1CCC2C1C(=O)CN2C(=O)c1ccccc1. The summed E-state index contributed by atoms with van der Waals surface area (Å²) in [6.45, 7) is 10.7. The summed E-state index contributed by atoms with van der Waals surface area (Å²) in [6, 6.07) is 14.6. The highest BCUT2D eigenvalue weighted by molar-refractivity contribution is 6.03. The van der Waals surface area contributed by atoms with Gasteiger partial charge in [-0.05, 0) is 54.0 Å². The van der Waals surface area contributed by atoms with E-state index >= 15 is 0 Å². The molecule has 2 unspecified atom stereocenters. The number of Topliss-reactive ketones (excluding diaryl/α,β-unsaturated/α-hetero) is 1. The molecule has 2 aliphatic heterocycles. The van der Waals surface area contributed by atoms with Crippen LogP contribution in [-0.2, 0) is 15.0 Å². The second-order valence-electron chi connectivity index (χ2n) is 11.6. The van der Waals surface area contributed by atoms with Crippen LogP contribution in [0.2, 0.25) is 0 Å². The van der Waals surface area contributed by atoms with Crippen LogP contribution in [0.25, 0.3) is 0 Å². The van der Waals surface area contributed by atoms with Gasteiger partial charge in [0.05, 0.1) is 12.6 Å². The minimum atomic E-state index is -0.750. The van der Waals surface area contributed by atoms with Crippen molar-refractivity contribution in [1.82, 2.24) is 15.1 Å². The van der Waals surface area contributed by atoms with Gasteiger partial charge in [-0.3, -0.25) is 19.2 Å². The van der Waals surface area contributed by atoms with Crippen molar-refractivity contribution in [2.75, 3.05) is 13.1 Å². The molecule has 2 aliphatic rings. The second-order valence-corrected chi connectivity index (χ2v) is 11.6. The van der Waals surface area contributed by atoms with Crippen LogP contribution in [0.5, 0.6) is 0 Å². The van der Waals surface area contributed by atoms with E-state index in [1.165, 1.54) is 0 Å². The van der Waals surface area contributed by atoms with Crippen LogP contribution >= 0.6 is 0 Å². The van der Waals surface area contributed by atoms with E-state index in [2.05, 4.69) is 26.1 Å². The maximum absolute atomic E-state index is 13.7. The van der Waals surface area contributed by atoms with E-state index in [0.29, 0.717) is 30.5 Å². The predicted octanol–water partition coefficient (Wildman–Crippen LogP) is 3.82. The first-order chi connectivity index (χ1) is 17.5. The Hall–Kier alpha value is -3.48. The number of rotatable bonds is 6. The number of carbonyl (C=O) groups excluding carboxylic acids is 4. The molecular formula is C30H37N3O4. The van der Waals surface area contributed by atoms with Crippen LogP contribution in [0.1, 0.15) is 73.7 Å². The molecule has 3 atom stereocenters. The van der Waals surface area contributed by atoms with Crippen molar-refractivity contribution < 1.29 is 19.2 Å². The van der Waals surface area contributed by atoms with Gasteiger partial charge < -0.3 is 15.1 Å². The number of nitrogens with one attached hydrogen (secondary N) is 1. The topological polar surface area (TPSA) is 86.8 Å². The molecule has 0 aromatic heterocycles. The third kappa shape index (κ3) is 5.60. The molecule has 7 heteroatoms. The van der Waals surface area contributed by atoms with Gasteiger partial charge in [-0.25, -0.2) is 0 Å². The Morgan fingerprint density at radius 3 is 2.19 bits per heavy atom. The fourth-order valence-electron chi connectivity index (χ4n) is 5.34. The van der Waals surface area contributed by atoms with E-state index in [1.54, 1.807) is 46.2 Å². The summed E-state index contributed by atoms with van der Waals surface area (Å²) in [5, 5.41) is 2.93. The van der Waals surface area contributed by atoms with Crippen molar-refractivity contribution in [3.8, 4) is 0 Å². The van der Waals surface area contributed by atoms with Gasteiger partial charge in [0.25, 0.3) is 11.8 Å². The highest BCUT2D eigenvalue weighted by Crippen LogP contribution is 2.32. The third-order valence-electron chi connectivity index (χ3n) is 7.31. The molecule has 2 heterocycles. The smallest absolute Gasteiger partial charge is 0.254 e. The van der Waals surface area contributed by atoms with Crippen LogP contribution in [-0.4, -0.2) is 64.5 Å². The summed E-state index contributed by atoms with van der Waals surface area (Å²) in [5.74, 6) is -0.738. The molecule has 3 amide bonds. The van der Waals surface area contributed by atoms with E-state index in [9.17, 15) is 19.2 Å². The highest BCUT2D eigenvalue weighted by atomic mass is 16.2. The fraction of sp³-hybridized carbons (Fsp3) is 0.467. The first kappa shape index (κ1) is 26.6. The second kappa shape index (κ2) is 10.5. The minimum absolute atomic E-state index is 0.00578. The molecule has 0 radical (unpaired) electrons. The molecule has 2 saturated heterocycles. The van der Waals surface area contributed by atoms with Crippen molar-refractivity contribution in [2.24, 2.45) is 5.92 Å². The van der Waals surface area contributed by atoms with Gasteiger partial charge in [0, 0.05) is 17.7 Å². The van der Waals surface area contributed by atoms with Gasteiger partial charge in [-0.2, -0.15) is 0 Å². The number of hydrogen-bond acceptors (Lipinski definition) is 4. The number of ketones is 1. The van der Waals surface area contributed by atoms with Gasteiger partial charge in [0.1, 0.15) is 12.1 Å². The molecule has 0 bridgehead atoms. The highest BCUT2D eigenvalue weighted by Gasteiger charge is 2.52. The van der Waals surface area contributed by atoms with E-state index in [4.69, 9.17) is 0 Å². The molecule has 2 aromatic carbocycles. The van der Waals surface area contributed by atoms with Gasteiger partial charge >= 0.3 is 0 Å². The first-order valence-electron chi connectivity index (χ1n) is 13.1. The zero-order chi connectivity index (χ0) is 26.9. The number of nitrogens with zero attached hydrogens (tertiary/aromatic N) is 2. The normalized spacial score (nSPS) is 20.2. The molecule has 0 saturated carbocycles. The number of amides is 3. The van der Waals surface area contributed by atoms with Crippen molar-refractivity contribution in [1.29, 1.82) is 0 Å². The Morgan fingerprint density at radius 1 is 0.946 bits per heavy atom. The number of hydrogen-bond donors (Lipinski definition) is 1.